The van der Waals surface area contributed by atoms with Crippen LogP contribution in [-0.4, -0.2) is 18.1 Å². The number of pyridine rings is 1. The zero-order valence-electron chi connectivity index (χ0n) is 12.3. The van der Waals surface area contributed by atoms with E-state index in [2.05, 4.69) is 46.7 Å². The highest BCUT2D eigenvalue weighted by atomic mass is 14.9. The van der Waals surface area contributed by atoms with E-state index in [1.807, 2.05) is 12.3 Å². The molecule has 108 valence electrons. The van der Waals surface area contributed by atoms with Crippen molar-refractivity contribution in [3.8, 4) is 0 Å². The summed E-state index contributed by atoms with van der Waals surface area (Å²) in [7, 11) is 0. The number of allylic oxidation sites excluding steroid dienone is 2. The van der Waals surface area contributed by atoms with Crippen molar-refractivity contribution in [3.63, 3.8) is 0 Å². The second kappa shape index (κ2) is 5.61. The van der Waals surface area contributed by atoms with Crippen molar-refractivity contribution in [1.29, 1.82) is 0 Å². The standard InChI is InChI=1S/C19H22N2/c1-3-15-5-2-9-21-19(15)16(4-1)8-10-20-13-18-12-14-6-7-17(18)11-14/h1-7,9,14,17-18,20H,8,10-13H2. The van der Waals surface area contributed by atoms with Crippen LogP contribution in [0.3, 0.4) is 0 Å². The third kappa shape index (κ3) is 2.60. The van der Waals surface area contributed by atoms with E-state index < -0.39 is 0 Å². The average Bonchev–Trinajstić information content (AvgIpc) is 3.14. The molecule has 1 aromatic carbocycles. The van der Waals surface area contributed by atoms with Crippen LogP contribution in [0.25, 0.3) is 10.9 Å². The van der Waals surface area contributed by atoms with Gasteiger partial charge in [0.2, 0.25) is 0 Å². The van der Waals surface area contributed by atoms with E-state index in [1.54, 1.807) is 0 Å². The van der Waals surface area contributed by atoms with Gasteiger partial charge in [-0.15, -0.1) is 0 Å². The van der Waals surface area contributed by atoms with Gasteiger partial charge in [0.1, 0.15) is 0 Å². The van der Waals surface area contributed by atoms with E-state index in [0.29, 0.717) is 0 Å². The number of hydrogen-bond acceptors (Lipinski definition) is 2. The first kappa shape index (κ1) is 13.0. The fourth-order valence-corrected chi connectivity index (χ4v) is 4.01. The molecule has 3 atom stereocenters. The van der Waals surface area contributed by atoms with Gasteiger partial charge < -0.3 is 5.32 Å². The van der Waals surface area contributed by atoms with Crippen LogP contribution in [0.4, 0.5) is 0 Å². The Morgan fingerprint density at radius 2 is 2.05 bits per heavy atom. The van der Waals surface area contributed by atoms with Crippen molar-refractivity contribution in [2.75, 3.05) is 13.1 Å². The zero-order valence-corrected chi connectivity index (χ0v) is 12.3. The molecular weight excluding hydrogens is 256 g/mol. The fraction of sp³-hybridized carbons (Fsp3) is 0.421. The van der Waals surface area contributed by atoms with Crippen LogP contribution in [0, 0.1) is 17.8 Å². The van der Waals surface area contributed by atoms with Crippen LogP contribution >= 0.6 is 0 Å². The fourth-order valence-electron chi connectivity index (χ4n) is 4.01. The number of hydrogen-bond donors (Lipinski definition) is 1. The van der Waals surface area contributed by atoms with Crippen LogP contribution in [-0.2, 0) is 6.42 Å². The van der Waals surface area contributed by atoms with Crippen molar-refractivity contribution < 1.29 is 0 Å². The SMILES string of the molecule is C1=CC2CC1CC2CNCCc1cccc2cccnc12. The molecule has 1 heterocycles. The molecule has 0 saturated heterocycles. The molecule has 0 amide bonds. The van der Waals surface area contributed by atoms with Gasteiger partial charge in [0.25, 0.3) is 0 Å². The van der Waals surface area contributed by atoms with Gasteiger partial charge in [0, 0.05) is 11.6 Å². The van der Waals surface area contributed by atoms with Gasteiger partial charge in [-0.25, -0.2) is 0 Å². The molecule has 2 aliphatic carbocycles. The summed E-state index contributed by atoms with van der Waals surface area (Å²) in [5, 5.41) is 4.91. The van der Waals surface area contributed by atoms with Crippen molar-refractivity contribution in [3.05, 3.63) is 54.2 Å². The topological polar surface area (TPSA) is 24.9 Å². The van der Waals surface area contributed by atoms with E-state index in [1.165, 1.54) is 30.3 Å². The Bertz CT molecular complexity index is 656. The van der Waals surface area contributed by atoms with Crippen molar-refractivity contribution in [1.82, 2.24) is 10.3 Å². The predicted octanol–water partition coefficient (Wildman–Crippen LogP) is 3.58. The molecule has 4 rings (SSSR count). The second-order valence-corrected chi connectivity index (χ2v) is 6.49. The quantitative estimate of drug-likeness (QED) is 0.668. The van der Waals surface area contributed by atoms with Crippen LogP contribution < -0.4 is 5.32 Å². The average molecular weight is 278 g/mol. The summed E-state index contributed by atoms with van der Waals surface area (Å²) < 4.78 is 0. The minimum absolute atomic E-state index is 0.849. The Kier molecular flexibility index (Phi) is 3.48. The molecule has 3 unspecified atom stereocenters. The van der Waals surface area contributed by atoms with Crippen molar-refractivity contribution >= 4 is 10.9 Å². The molecule has 21 heavy (non-hydrogen) atoms. The lowest BCUT2D eigenvalue weighted by Gasteiger charge is -2.18. The molecule has 1 aromatic heterocycles. The van der Waals surface area contributed by atoms with Crippen LogP contribution in [0.1, 0.15) is 18.4 Å². The highest BCUT2D eigenvalue weighted by molar-refractivity contribution is 5.81. The molecule has 1 saturated carbocycles. The van der Waals surface area contributed by atoms with Crippen LogP contribution in [0.5, 0.6) is 0 Å². The van der Waals surface area contributed by atoms with Gasteiger partial charge in [0.15, 0.2) is 0 Å². The zero-order chi connectivity index (χ0) is 14.1. The number of rotatable bonds is 5. The van der Waals surface area contributed by atoms with Gasteiger partial charge >= 0.3 is 0 Å². The molecule has 1 fully saturated rings. The van der Waals surface area contributed by atoms with Crippen LogP contribution in [0.2, 0.25) is 0 Å². The van der Waals surface area contributed by atoms with E-state index in [9.17, 15) is 0 Å². The van der Waals surface area contributed by atoms with Crippen molar-refractivity contribution in [2.45, 2.75) is 19.3 Å². The second-order valence-electron chi connectivity index (χ2n) is 6.49. The molecular formula is C19H22N2. The summed E-state index contributed by atoms with van der Waals surface area (Å²) in [6.07, 6.45) is 10.6. The number of aromatic nitrogens is 1. The molecule has 2 aliphatic rings. The molecule has 1 N–H and O–H groups in total. The number of nitrogens with zero attached hydrogens (tertiary/aromatic N) is 1. The normalized spacial score (nSPS) is 26.8. The molecule has 2 nitrogen and oxygen atoms in total. The van der Waals surface area contributed by atoms with E-state index in [4.69, 9.17) is 0 Å². The van der Waals surface area contributed by atoms with E-state index in [-0.39, 0.29) is 0 Å². The van der Waals surface area contributed by atoms with Gasteiger partial charge in [-0.1, -0.05) is 36.4 Å². The smallest absolute Gasteiger partial charge is 0.0734 e. The lowest BCUT2D eigenvalue weighted by atomic mass is 9.93. The predicted molar refractivity (Wildman–Crippen MR) is 87.2 cm³/mol. The summed E-state index contributed by atoms with van der Waals surface area (Å²) >= 11 is 0. The maximum Gasteiger partial charge on any atom is 0.0734 e. The minimum atomic E-state index is 0.849. The maximum atomic E-state index is 4.53. The molecule has 0 spiro atoms. The Hall–Kier alpha value is -1.67. The monoisotopic (exact) mass is 278 g/mol. The number of fused-ring (bicyclic) bond motifs is 3. The Morgan fingerprint density at radius 1 is 1.10 bits per heavy atom. The first-order valence-electron chi connectivity index (χ1n) is 8.12. The molecule has 2 bridgehead atoms. The molecule has 0 radical (unpaired) electrons. The number of benzene rings is 1. The largest absolute Gasteiger partial charge is 0.316 e. The van der Waals surface area contributed by atoms with Crippen LogP contribution in [0.15, 0.2) is 48.7 Å². The third-order valence-corrected chi connectivity index (χ3v) is 5.11. The molecule has 2 heteroatoms. The van der Waals surface area contributed by atoms with E-state index in [0.717, 1.165) is 36.2 Å². The first-order valence-corrected chi connectivity index (χ1v) is 8.12. The Labute approximate surface area is 126 Å². The van der Waals surface area contributed by atoms with Gasteiger partial charge in [-0.2, -0.15) is 0 Å². The summed E-state index contributed by atoms with van der Waals surface area (Å²) in [5.74, 6) is 2.59. The lowest BCUT2D eigenvalue weighted by molar-refractivity contribution is 0.416. The number of nitrogens with one attached hydrogen (secondary N) is 1. The summed E-state index contributed by atoms with van der Waals surface area (Å²) in [6, 6.07) is 10.6. The molecule has 0 aliphatic heterocycles. The molecule has 2 aromatic rings. The lowest BCUT2D eigenvalue weighted by Crippen LogP contribution is -2.27. The highest BCUT2D eigenvalue weighted by Crippen LogP contribution is 2.42. The minimum Gasteiger partial charge on any atom is -0.316 e. The maximum absolute atomic E-state index is 4.53. The Morgan fingerprint density at radius 3 is 2.90 bits per heavy atom. The third-order valence-electron chi connectivity index (χ3n) is 5.11. The summed E-state index contributed by atoms with van der Waals surface area (Å²) in [5.41, 5.74) is 2.51. The first-order chi connectivity index (χ1) is 10.4. The summed E-state index contributed by atoms with van der Waals surface area (Å²) in [6.45, 7) is 2.22. The summed E-state index contributed by atoms with van der Waals surface area (Å²) in [4.78, 5) is 4.53. The van der Waals surface area contributed by atoms with Gasteiger partial charge in [-0.05, 0) is 61.7 Å². The number of para-hydroxylation sites is 1. The Balaban J connectivity index is 1.33. The van der Waals surface area contributed by atoms with Gasteiger partial charge in [-0.3, -0.25) is 4.98 Å². The van der Waals surface area contributed by atoms with Crippen molar-refractivity contribution in [2.24, 2.45) is 17.8 Å². The van der Waals surface area contributed by atoms with Gasteiger partial charge in [0.05, 0.1) is 5.52 Å². The highest BCUT2D eigenvalue weighted by Gasteiger charge is 2.34. The van der Waals surface area contributed by atoms with E-state index >= 15 is 0 Å².